The molecule has 0 saturated carbocycles. The number of anilines is 1. The summed E-state index contributed by atoms with van der Waals surface area (Å²) >= 11 is 0. The molecule has 1 fully saturated rings. The molecule has 1 unspecified atom stereocenters. The number of rotatable bonds is 4. The molecule has 0 spiro atoms. The van der Waals surface area contributed by atoms with E-state index >= 15 is 0 Å². The molecule has 20 heavy (non-hydrogen) atoms. The van der Waals surface area contributed by atoms with Crippen LogP contribution in [0, 0.1) is 6.92 Å². The van der Waals surface area contributed by atoms with Gasteiger partial charge in [0.05, 0.1) is 6.10 Å². The molecule has 0 aliphatic carbocycles. The van der Waals surface area contributed by atoms with Crippen LogP contribution in [-0.2, 0) is 11.3 Å². The van der Waals surface area contributed by atoms with E-state index in [0.29, 0.717) is 6.10 Å². The molecule has 1 aliphatic rings. The summed E-state index contributed by atoms with van der Waals surface area (Å²) < 4.78 is 7.49. The van der Waals surface area contributed by atoms with Gasteiger partial charge in [-0.15, -0.1) is 5.10 Å². The van der Waals surface area contributed by atoms with Crippen LogP contribution >= 0.6 is 0 Å². The predicted molar refractivity (Wildman–Crippen MR) is 76.0 cm³/mol. The number of nitrogens with zero attached hydrogens (tertiary/aromatic N) is 4. The van der Waals surface area contributed by atoms with Gasteiger partial charge in [0.25, 0.3) is 0 Å². The van der Waals surface area contributed by atoms with E-state index in [4.69, 9.17) is 10.5 Å². The number of hydrogen-bond acceptors (Lipinski definition) is 5. The van der Waals surface area contributed by atoms with Crippen LogP contribution in [0.15, 0.2) is 18.2 Å². The highest BCUT2D eigenvalue weighted by atomic mass is 16.5. The maximum atomic E-state index is 5.79. The van der Waals surface area contributed by atoms with Crippen LogP contribution in [0.1, 0.15) is 24.8 Å². The fourth-order valence-corrected chi connectivity index (χ4v) is 2.62. The Morgan fingerprint density at radius 1 is 1.45 bits per heavy atom. The predicted octanol–water partition coefficient (Wildman–Crippen LogP) is 1.80. The number of aryl methyl sites for hydroxylation is 2. The van der Waals surface area contributed by atoms with Crippen molar-refractivity contribution in [3.63, 3.8) is 0 Å². The van der Waals surface area contributed by atoms with Crippen molar-refractivity contribution < 1.29 is 4.74 Å². The fraction of sp³-hybridized carbons (Fsp3) is 0.500. The molecule has 0 radical (unpaired) electrons. The molecule has 106 valence electrons. The summed E-state index contributed by atoms with van der Waals surface area (Å²) in [7, 11) is 0. The largest absolute Gasteiger partial charge is 0.399 e. The number of ether oxygens (including phenoxy) is 1. The summed E-state index contributed by atoms with van der Waals surface area (Å²) in [6, 6.07) is 5.79. The molecule has 1 saturated heterocycles. The Morgan fingerprint density at radius 2 is 2.35 bits per heavy atom. The Morgan fingerprint density at radius 3 is 3.10 bits per heavy atom. The van der Waals surface area contributed by atoms with Gasteiger partial charge in [-0.05, 0) is 60.4 Å². The molecule has 2 N–H and O–H groups in total. The molecule has 6 heteroatoms. The Kier molecular flexibility index (Phi) is 3.64. The molecule has 1 aromatic carbocycles. The molecule has 0 amide bonds. The van der Waals surface area contributed by atoms with Crippen LogP contribution in [0.25, 0.3) is 11.4 Å². The van der Waals surface area contributed by atoms with Gasteiger partial charge in [0.1, 0.15) is 0 Å². The van der Waals surface area contributed by atoms with E-state index in [1.54, 1.807) is 0 Å². The van der Waals surface area contributed by atoms with Crippen LogP contribution in [-0.4, -0.2) is 32.9 Å². The normalized spacial score (nSPS) is 18.6. The van der Waals surface area contributed by atoms with E-state index < -0.39 is 0 Å². The average molecular weight is 273 g/mol. The van der Waals surface area contributed by atoms with Crippen LogP contribution in [0.3, 0.4) is 0 Å². The lowest BCUT2D eigenvalue weighted by Gasteiger charge is -2.11. The first kappa shape index (κ1) is 13.1. The van der Waals surface area contributed by atoms with Crippen molar-refractivity contribution in [2.24, 2.45) is 0 Å². The quantitative estimate of drug-likeness (QED) is 0.859. The molecule has 3 rings (SSSR count). The monoisotopic (exact) mass is 273 g/mol. The van der Waals surface area contributed by atoms with Gasteiger partial charge in [0, 0.05) is 24.4 Å². The molecule has 2 heterocycles. The summed E-state index contributed by atoms with van der Waals surface area (Å²) in [4.78, 5) is 0. The molecule has 0 bridgehead atoms. The molecule has 2 aromatic rings. The first-order valence-corrected chi connectivity index (χ1v) is 6.98. The molecular formula is C14H19N5O. The number of benzene rings is 1. The van der Waals surface area contributed by atoms with Crippen molar-refractivity contribution >= 4 is 5.69 Å². The number of aromatic nitrogens is 4. The van der Waals surface area contributed by atoms with Gasteiger partial charge in [-0.1, -0.05) is 0 Å². The summed E-state index contributed by atoms with van der Waals surface area (Å²) in [6.07, 6.45) is 3.59. The second-order valence-electron chi connectivity index (χ2n) is 5.22. The van der Waals surface area contributed by atoms with Gasteiger partial charge in [0.15, 0.2) is 5.82 Å². The minimum absolute atomic E-state index is 0.347. The second-order valence-corrected chi connectivity index (χ2v) is 5.22. The van der Waals surface area contributed by atoms with Crippen LogP contribution in [0.4, 0.5) is 5.69 Å². The summed E-state index contributed by atoms with van der Waals surface area (Å²) in [5.41, 5.74) is 8.65. The highest BCUT2D eigenvalue weighted by Crippen LogP contribution is 2.23. The SMILES string of the molecule is Cc1cc(N)ccc1-c1nnnn1CCC1CCCO1. The number of hydrogen-bond donors (Lipinski definition) is 1. The van der Waals surface area contributed by atoms with E-state index in [2.05, 4.69) is 15.5 Å². The third-order valence-electron chi connectivity index (χ3n) is 3.71. The molecule has 1 atom stereocenters. The van der Waals surface area contributed by atoms with Gasteiger partial charge in [-0.2, -0.15) is 0 Å². The highest BCUT2D eigenvalue weighted by molar-refractivity contribution is 5.63. The lowest BCUT2D eigenvalue weighted by molar-refractivity contribution is 0.0994. The maximum Gasteiger partial charge on any atom is 0.182 e. The lowest BCUT2D eigenvalue weighted by atomic mass is 10.1. The second kappa shape index (κ2) is 5.58. The summed E-state index contributed by atoms with van der Waals surface area (Å²) in [5, 5.41) is 12.0. The van der Waals surface area contributed by atoms with Crippen molar-refractivity contribution in [2.45, 2.75) is 38.8 Å². The first-order valence-electron chi connectivity index (χ1n) is 6.98. The van der Waals surface area contributed by atoms with Crippen molar-refractivity contribution in [1.29, 1.82) is 0 Å². The van der Waals surface area contributed by atoms with Crippen LogP contribution in [0.2, 0.25) is 0 Å². The Bertz CT molecular complexity index is 589. The minimum atomic E-state index is 0.347. The van der Waals surface area contributed by atoms with E-state index in [0.717, 1.165) is 55.1 Å². The highest BCUT2D eigenvalue weighted by Gasteiger charge is 2.17. The van der Waals surface area contributed by atoms with Crippen molar-refractivity contribution in [1.82, 2.24) is 20.2 Å². The molecule has 6 nitrogen and oxygen atoms in total. The standard InChI is InChI=1S/C14H19N5O/c1-10-9-11(15)4-5-13(10)14-16-17-18-19(14)7-6-12-3-2-8-20-12/h4-5,9,12H,2-3,6-8,15H2,1H3. The third-order valence-corrected chi connectivity index (χ3v) is 3.71. The first-order chi connectivity index (χ1) is 9.74. The van der Waals surface area contributed by atoms with Gasteiger partial charge < -0.3 is 10.5 Å². The van der Waals surface area contributed by atoms with Crippen molar-refractivity contribution in [3.05, 3.63) is 23.8 Å². The van der Waals surface area contributed by atoms with E-state index in [-0.39, 0.29) is 0 Å². The maximum absolute atomic E-state index is 5.79. The van der Waals surface area contributed by atoms with Gasteiger partial charge >= 0.3 is 0 Å². The van der Waals surface area contributed by atoms with Gasteiger partial charge in [-0.3, -0.25) is 0 Å². The lowest BCUT2D eigenvalue weighted by Crippen LogP contribution is -2.12. The van der Waals surface area contributed by atoms with Crippen molar-refractivity contribution in [2.75, 3.05) is 12.3 Å². The van der Waals surface area contributed by atoms with Gasteiger partial charge in [0.2, 0.25) is 0 Å². The third kappa shape index (κ3) is 2.65. The van der Waals surface area contributed by atoms with Gasteiger partial charge in [-0.25, -0.2) is 4.68 Å². The molecular weight excluding hydrogens is 254 g/mol. The zero-order valence-corrected chi connectivity index (χ0v) is 11.6. The smallest absolute Gasteiger partial charge is 0.182 e. The van der Waals surface area contributed by atoms with Crippen LogP contribution < -0.4 is 5.73 Å². The Balaban J connectivity index is 1.78. The van der Waals surface area contributed by atoms with Crippen LogP contribution in [0.5, 0.6) is 0 Å². The zero-order chi connectivity index (χ0) is 13.9. The average Bonchev–Trinajstić information content (AvgIpc) is 3.07. The van der Waals surface area contributed by atoms with E-state index in [1.165, 1.54) is 0 Å². The Labute approximate surface area is 117 Å². The summed E-state index contributed by atoms with van der Waals surface area (Å²) in [6.45, 7) is 3.67. The molecule has 1 aromatic heterocycles. The van der Waals surface area contributed by atoms with Crippen molar-refractivity contribution in [3.8, 4) is 11.4 Å². The minimum Gasteiger partial charge on any atom is -0.399 e. The number of tetrazole rings is 1. The number of nitrogens with two attached hydrogens (primary N) is 1. The Hall–Kier alpha value is -1.95. The topological polar surface area (TPSA) is 78.9 Å². The molecule has 1 aliphatic heterocycles. The fourth-order valence-electron chi connectivity index (χ4n) is 2.62. The van der Waals surface area contributed by atoms with E-state index in [1.807, 2.05) is 29.8 Å². The zero-order valence-electron chi connectivity index (χ0n) is 11.6. The van der Waals surface area contributed by atoms with E-state index in [9.17, 15) is 0 Å². The number of nitrogen functional groups attached to an aromatic ring is 1. The summed E-state index contributed by atoms with van der Waals surface area (Å²) in [5.74, 6) is 0.792.